The Hall–Kier alpha value is -2.63. The number of primary sulfonamides is 1. The van der Waals surface area contributed by atoms with Crippen LogP contribution in [0.15, 0.2) is 58.5 Å². The fraction of sp³-hybridized carbons (Fsp3) is 0.125. The normalized spacial score (nSPS) is 17.7. The lowest BCUT2D eigenvalue weighted by Crippen LogP contribution is -2.12. The van der Waals surface area contributed by atoms with Crippen LogP contribution in [0.25, 0.3) is 16.2 Å². The van der Waals surface area contributed by atoms with Crippen LogP contribution >= 0.6 is 11.3 Å². The number of fused-ring (bicyclic) bond motifs is 1. The van der Waals surface area contributed by atoms with Gasteiger partial charge in [0.2, 0.25) is 9.30 Å². The fourth-order valence-corrected chi connectivity index (χ4v) is 3.98. The molecule has 27 heavy (non-hydrogen) atoms. The second kappa shape index (κ2) is 6.51. The predicted molar refractivity (Wildman–Crippen MR) is 95.1 cm³/mol. The number of sulfonamides is 1. The molecule has 0 amide bonds. The van der Waals surface area contributed by atoms with Gasteiger partial charge in [0.15, 0.2) is 6.17 Å². The number of hydrogen-bond donors (Lipinski definition) is 1. The quantitative estimate of drug-likeness (QED) is 0.713. The highest BCUT2D eigenvalue weighted by Gasteiger charge is 2.20. The number of nitrogens with two attached hydrogens (primary N) is 1. The van der Waals surface area contributed by atoms with Crippen molar-refractivity contribution in [1.29, 1.82) is 0 Å². The average Bonchev–Trinajstić information content (AvgIpc) is 3.18. The zero-order chi connectivity index (χ0) is 19.2. The van der Waals surface area contributed by atoms with Crippen molar-refractivity contribution in [2.24, 2.45) is 5.14 Å². The molecule has 1 aromatic carbocycles. The zero-order valence-electron chi connectivity index (χ0n) is 13.5. The SMILES string of the molecule is NS(=O)(=O)c1nn2cc(-c3ccc(OC4=CC=C(F)C(F)C4)cc3)nc2s1. The molecule has 0 saturated heterocycles. The third-order valence-corrected chi connectivity index (χ3v) is 6.01. The average molecular weight is 410 g/mol. The molecule has 0 fully saturated rings. The van der Waals surface area contributed by atoms with Gasteiger partial charge in [-0.1, -0.05) is 11.3 Å². The standard InChI is InChI=1S/C16H12F2N4O3S2/c17-12-6-5-11(7-13(12)18)25-10-3-1-9(2-4-10)14-8-22-15(20-14)26-16(21-22)27(19,23)24/h1-6,8,13H,7H2,(H2,19,23,24). The number of aromatic nitrogens is 3. The predicted octanol–water partition coefficient (Wildman–Crippen LogP) is 2.96. The molecule has 1 aliphatic rings. The highest BCUT2D eigenvalue weighted by atomic mass is 32.2. The molecule has 0 radical (unpaired) electrons. The van der Waals surface area contributed by atoms with Crippen molar-refractivity contribution < 1.29 is 21.9 Å². The van der Waals surface area contributed by atoms with E-state index in [0.29, 0.717) is 22.2 Å². The molecule has 2 heterocycles. The Morgan fingerprint density at radius 1 is 1.26 bits per heavy atom. The first-order valence-corrected chi connectivity index (χ1v) is 10.0. The van der Waals surface area contributed by atoms with Gasteiger partial charge in [-0.3, -0.25) is 0 Å². The van der Waals surface area contributed by atoms with Crippen LogP contribution in [-0.4, -0.2) is 29.2 Å². The highest BCUT2D eigenvalue weighted by Crippen LogP contribution is 2.28. The van der Waals surface area contributed by atoms with Crippen molar-refractivity contribution in [2.45, 2.75) is 16.9 Å². The first-order valence-electron chi connectivity index (χ1n) is 7.67. The highest BCUT2D eigenvalue weighted by molar-refractivity contribution is 7.91. The van der Waals surface area contributed by atoms with E-state index in [0.717, 1.165) is 23.0 Å². The maximum atomic E-state index is 13.4. The molecule has 11 heteroatoms. The monoisotopic (exact) mass is 410 g/mol. The molecule has 1 atom stereocenters. The molecule has 4 rings (SSSR count). The summed E-state index contributed by atoms with van der Waals surface area (Å²) in [6.45, 7) is 0. The molecule has 2 aromatic heterocycles. The Morgan fingerprint density at radius 3 is 2.63 bits per heavy atom. The third kappa shape index (κ3) is 3.61. The van der Waals surface area contributed by atoms with Crippen LogP contribution in [0.1, 0.15) is 6.42 Å². The Balaban J connectivity index is 1.54. The van der Waals surface area contributed by atoms with Gasteiger partial charge < -0.3 is 4.74 Å². The summed E-state index contributed by atoms with van der Waals surface area (Å²) in [6.07, 6.45) is 2.20. The number of alkyl halides is 1. The summed E-state index contributed by atoms with van der Waals surface area (Å²) < 4.78 is 55.7. The minimum atomic E-state index is -3.87. The van der Waals surface area contributed by atoms with Crippen molar-refractivity contribution >= 4 is 26.3 Å². The smallest absolute Gasteiger partial charge is 0.267 e. The number of allylic oxidation sites excluding steroid dienone is 4. The van der Waals surface area contributed by atoms with Crippen LogP contribution in [0.3, 0.4) is 0 Å². The number of nitrogens with zero attached hydrogens (tertiary/aromatic N) is 3. The van der Waals surface area contributed by atoms with Gasteiger partial charge in [0, 0.05) is 12.0 Å². The van der Waals surface area contributed by atoms with E-state index in [1.807, 2.05) is 0 Å². The van der Waals surface area contributed by atoms with Gasteiger partial charge in [-0.15, -0.1) is 5.10 Å². The molecule has 140 valence electrons. The fourth-order valence-electron chi connectivity index (χ4n) is 2.48. The maximum Gasteiger partial charge on any atom is 0.267 e. The van der Waals surface area contributed by atoms with Gasteiger partial charge in [0.05, 0.1) is 11.9 Å². The van der Waals surface area contributed by atoms with Gasteiger partial charge in [-0.05, 0) is 36.4 Å². The summed E-state index contributed by atoms with van der Waals surface area (Å²) in [4.78, 5) is 4.72. The Kier molecular flexibility index (Phi) is 4.29. The summed E-state index contributed by atoms with van der Waals surface area (Å²) in [7, 11) is -3.87. The lowest BCUT2D eigenvalue weighted by atomic mass is 10.1. The lowest BCUT2D eigenvalue weighted by Gasteiger charge is -2.15. The molecule has 0 bridgehead atoms. The lowest BCUT2D eigenvalue weighted by molar-refractivity contribution is 0.280. The summed E-state index contributed by atoms with van der Waals surface area (Å²) in [5, 5.41) is 8.95. The van der Waals surface area contributed by atoms with Crippen LogP contribution in [0.4, 0.5) is 8.78 Å². The summed E-state index contributed by atoms with van der Waals surface area (Å²) in [6, 6.07) is 6.84. The van der Waals surface area contributed by atoms with Crippen molar-refractivity contribution in [1.82, 2.24) is 14.6 Å². The third-order valence-electron chi connectivity index (χ3n) is 3.78. The Bertz CT molecular complexity index is 1150. The van der Waals surface area contributed by atoms with Crippen LogP contribution in [0.2, 0.25) is 0 Å². The number of rotatable bonds is 4. The summed E-state index contributed by atoms with van der Waals surface area (Å²) in [5.74, 6) is -0.000838. The van der Waals surface area contributed by atoms with E-state index in [1.165, 1.54) is 10.6 Å². The first-order chi connectivity index (χ1) is 12.8. The van der Waals surface area contributed by atoms with E-state index in [2.05, 4.69) is 10.1 Å². The topological polar surface area (TPSA) is 99.6 Å². The molecule has 3 aromatic rings. The van der Waals surface area contributed by atoms with Gasteiger partial charge in [-0.2, -0.15) is 0 Å². The van der Waals surface area contributed by atoms with Crippen LogP contribution in [-0.2, 0) is 10.0 Å². The molecule has 0 spiro atoms. The number of halogens is 2. The van der Waals surface area contributed by atoms with Crippen LogP contribution in [0, 0.1) is 0 Å². The van der Waals surface area contributed by atoms with Gasteiger partial charge >= 0.3 is 0 Å². The van der Waals surface area contributed by atoms with Crippen molar-refractivity contribution in [3.8, 4) is 17.0 Å². The van der Waals surface area contributed by atoms with E-state index in [-0.39, 0.29) is 10.8 Å². The van der Waals surface area contributed by atoms with E-state index in [4.69, 9.17) is 9.88 Å². The van der Waals surface area contributed by atoms with Crippen molar-refractivity contribution in [3.63, 3.8) is 0 Å². The number of ether oxygens (including phenoxy) is 1. The molecule has 0 aliphatic heterocycles. The number of imidazole rings is 1. The number of hydrogen-bond acceptors (Lipinski definition) is 6. The van der Waals surface area contributed by atoms with Crippen molar-refractivity contribution in [2.75, 3.05) is 0 Å². The first kappa shape index (κ1) is 17.8. The Labute approximate surface area is 156 Å². The molecular formula is C16H12F2N4O3S2. The molecule has 0 saturated carbocycles. The Morgan fingerprint density at radius 2 is 2.00 bits per heavy atom. The molecular weight excluding hydrogens is 398 g/mol. The van der Waals surface area contributed by atoms with E-state index in [9.17, 15) is 17.2 Å². The largest absolute Gasteiger partial charge is 0.462 e. The van der Waals surface area contributed by atoms with Gasteiger partial charge in [-0.25, -0.2) is 31.8 Å². The maximum absolute atomic E-state index is 13.4. The second-order valence-corrected chi connectivity index (χ2v) is 8.44. The van der Waals surface area contributed by atoms with E-state index >= 15 is 0 Å². The molecule has 1 aliphatic carbocycles. The summed E-state index contributed by atoms with van der Waals surface area (Å²) >= 11 is 0.871. The van der Waals surface area contributed by atoms with Gasteiger partial charge in [0.25, 0.3) is 10.0 Å². The minimum Gasteiger partial charge on any atom is -0.462 e. The van der Waals surface area contributed by atoms with Crippen LogP contribution in [0.5, 0.6) is 5.75 Å². The van der Waals surface area contributed by atoms with Crippen LogP contribution < -0.4 is 9.88 Å². The van der Waals surface area contributed by atoms with E-state index in [1.54, 1.807) is 30.5 Å². The summed E-state index contributed by atoms with van der Waals surface area (Å²) in [5.41, 5.74) is 1.34. The minimum absolute atomic E-state index is 0.153. The molecule has 7 nitrogen and oxygen atoms in total. The van der Waals surface area contributed by atoms with E-state index < -0.39 is 22.0 Å². The molecule has 2 N–H and O–H groups in total. The molecule has 1 unspecified atom stereocenters. The second-order valence-electron chi connectivity index (χ2n) is 5.75. The number of benzene rings is 1. The van der Waals surface area contributed by atoms with Crippen molar-refractivity contribution in [3.05, 3.63) is 54.2 Å². The van der Waals surface area contributed by atoms with Gasteiger partial charge in [0.1, 0.15) is 17.3 Å². The zero-order valence-corrected chi connectivity index (χ0v) is 15.2.